The Morgan fingerprint density at radius 1 is 1.33 bits per heavy atom. The zero-order valence-corrected chi connectivity index (χ0v) is 9.71. The number of rotatable bonds is 2. The number of hydrogen-bond acceptors (Lipinski definition) is 2. The SMILES string of the molecule is COc1ccccc1[C@H]1CNCC1(C)C. The molecule has 1 saturated heterocycles. The first kappa shape index (κ1) is 10.5. The van der Waals surface area contributed by atoms with Crippen LogP contribution in [0.15, 0.2) is 24.3 Å². The third-order valence-electron chi connectivity index (χ3n) is 3.39. The van der Waals surface area contributed by atoms with Crippen LogP contribution in [0.4, 0.5) is 0 Å². The van der Waals surface area contributed by atoms with Crippen molar-refractivity contribution in [1.82, 2.24) is 5.32 Å². The second kappa shape index (κ2) is 3.86. The second-order valence-corrected chi connectivity index (χ2v) is 4.91. The molecule has 1 aromatic rings. The highest BCUT2D eigenvalue weighted by Crippen LogP contribution is 2.41. The standard InChI is InChI=1S/C13H19NO/c1-13(2)9-14-8-11(13)10-6-4-5-7-12(10)15-3/h4-7,11,14H,8-9H2,1-3H3/t11-/m1/s1. The number of hydrogen-bond donors (Lipinski definition) is 1. The van der Waals surface area contributed by atoms with Gasteiger partial charge in [0.05, 0.1) is 7.11 Å². The monoisotopic (exact) mass is 205 g/mol. The minimum Gasteiger partial charge on any atom is -0.496 e. The van der Waals surface area contributed by atoms with Gasteiger partial charge in [-0.2, -0.15) is 0 Å². The van der Waals surface area contributed by atoms with Crippen molar-refractivity contribution in [3.8, 4) is 5.75 Å². The minimum absolute atomic E-state index is 0.314. The molecule has 2 rings (SSSR count). The van der Waals surface area contributed by atoms with Gasteiger partial charge in [-0.25, -0.2) is 0 Å². The van der Waals surface area contributed by atoms with Crippen molar-refractivity contribution < 1.29 is 4.74 Å². The van der Waals surface area contributed by atoms with Gasteiger partial charge in [0.25, 0.3) is 0 Å². The van der Waals surface area contributed by atoms with Gasteiger partial charge in [-0.05, 0) is 17.0 Å². The minimum atomic E-state index is 0.314. The lowest BCUT2D eigenvalue weighted by molar-refractivity contribution is 0.345. The molecule has 0 saturated carbocycles. The lowest BCUT2D eigenvalue weighted by Gasteiger charge is -2.27. The van der Waals surface area contributed by atoms with E-state index in [0.717, 1.165) is 18.8 Å². The molecule has 2 nitrogen and oxygen atoms in total. The highest BCUT2D eigenvalue weighted by molar-refractivity contribution is 5.38. The van der Waals surface area contributed by atoms with Crippen LogP contribution in [0.5, 0.6) is 5.75 Å². The fourth-order valence-corrected chi connectivity index (χ4v) is 2.42. The molecule has 1 heterocycles. The zero-order valence-electron chi connectivity index (χ0n) is 9.71. The first-order valence-corrected chi connectivity index (χ1v) is 5.49. The van der Waals surface area contributed by atoms with E-state index in [-0.39, 0.29) is 0 Å². The molecule has 1 aliphatic heterocycles. The first-order valence-electron chi connectivity index (χ1n) is 5.49. The second-order valence-electron chi connectivity index (χ2n) is 4.91. The fraction of sp³-hybridized carbons (Fsp3) is 0.538. The van der Waals surface area contributed by atoms with Gasteiger partial charge in [0.15, 0.2) is 0 Å². The Balaban J connectivity index is 2.36. The maximum absolute atomic E-state index is 5.42. The number of benzene rings is 1. The van der Waals surface area contributed by atoms with Crippen molar-refractivity contribution in [3.05, 3.63) is 29.8 Å². The van der Waals surface area contributed by atoms with Gasteiger partial charge in [0.1, 0.15) is 5.75 Å². The zero-order chi connectivity index (χ0) is 10.9. The molecule has 1 N–H and O–H groups in total. The highest BCUT2D eigenvalue weighted by Gasteiger charge is 2.36. The molecule has 1 aromatic carbocycles. The summed E-state index contributed by atoms with van der Waals surface area (Å²) in [7, 11) is 1.74. The number of methoxy groups -OCH3 is 1. The maximum Gasteiger partial charge on any atom is 0.122 e. The maximum atomic E-state index is 5.42. The van der Waals surface area contributed by atoms with E-state index in [0.29, 0.717) is 11.3 Å². The smallest absolute Gasteiger partial charge is 0.122 e. The average molecular weight is 205 g/mol. The Kier molecular flexibility index (Phi) is 2.70. The van der Waals surface area contributed by atoms with E-state index in [1.165, 1.54) is 5.56 Å². The number of ether oxygens (including phenoxy) is 1. The molecule has 1 atom stereocenters. The summed E-state index contributed by atoms with van der Waals surface area (Å²) in [6.07, 6.45) is 0. The molecule has 0 amide bonds. The predicted octanol–water partition coefficient (Wildman–Crippen LogP) is 2.41. The highest BCUT2D eigenvalue weighted by atomic mass is 16.5. The molecule has 0 spiro atoms. The van der Waals surface area contributed by atoms with Crippen molar-refractivity contribution in [2.45, 2.75) is 19.8 Å². The van der Waals surface area contributed by atoms with Crippen LogP contribution in [0, 0.1) is 5.41 Å². The van der Waals surface area contributed by atoms with Crippen molar-refractivity contribution in [2.24, 2.45) is 5.41 Å². The Bertz CT molecular complexity index is 346. The lowest BCUT2D eigenvalue weighted by atomic mass is 9.77. The van der Waals surface area contributed by atoms with Crippen molar-refractivity contribution in [1.29, 1.82) is 0 Å². The van der Waals surface area contributed by atoms with Crippen LogP contribution >= 0.6 is 0 Å². The van der Waals surface area contributed by atoms with E-state index in [2.05, 4.69) is 31.3 Å². The average Bonchev–Trinajstić information content (AvgIpc) is 2.58. The van der Waals surface area contributed by atoms with E-state index in [1.807, 2.05) is 12.1 Å². The van der Waals surface area contributed by atoms with Crippen LogP contribution in [0.2, 0.25) is 0 Å². The molecule has 2 heteroatoms. The lowest BCUT2D eigenvalue weighted by Crippen LogP contribution is -2.21. The number of nitrogens with one attached hydrogen (secondary N) is 1. The van der Waals surface area contributed by atoms with E-state index >= 15 is 0 Å². The Labute approximate surface area is 91.6 Å². The van der Waals surface area contributed by atoms with Crippen LogP contribution in [0.3, 0.4) is 0 Å². The van der Waals surface area contributed by atoms with Crippen LogP contribution in [0.1, 0.15) is 25.3 Å². The predicted molar refractivity (Wildman–Crippen MR) is 62.4 cm³/mol. The third kappa shape index (κ3) is 1.86. The van der Waals surface area contributed by atoms with Gasteiger partial charge < -0.3 is 10.1 Å². The van der Waals surface area contributed by atoms with Crippen molar-refractivity contribution >= 4 is 0 Å². The van der Waals surface area contributed by atoms with Gasteiger partial charge in [0.2, 0.25) is 0 Å². The molecular formula is C13H19NO. The molecule has 0 unspecified atom stereocenters. The summed E-state index contributed by atoms with van der Waals surface area (Å²) in [4.78, 5) is 0. The van der Waals surface area contributed by atoms with Crippen LogP contribution in [0.25, 0.3) is 0 Å². The summed E-state index contributed by atoms with van der Waals surface area (Å²) >= 11 is 0. The summed E-state index contributed by atoms with van der Waals surface area (Å²) in [5, 5.41) is 3.46. The Hall–Kier alpha value is -1.02. The van der Waals surface area contributed by atoms with Crippen molar-refractivity contribution in [2.75, 3.05) is 20.2 Å². The van der Waals surface area contributed by atoms with Crippen LogP contribution < -0.4 is 10.1 Å². The summed E-state index contributed by atoms with van der Waals surface area (Å²) in [6, 6.07) is 8.34. The largest absolute Gasteiger partial charge is 0.496 e. The van der Waals surface area contributed by atoms with E-state index in [4.69, 9.17) is 4.74 Å². The van der Waals surface area contributed by atoms with Crippen LogP contribution in [-0.2, 0) is 0 Å². The normalized spacial score (nSPS) is 24.1. The molecule has 1 fully saturated rings. The van der Waals surface area contributed by atoms with Gasteiger partial charge in [-0.15, -0.1) is 0 Å². The summed E-state index contributed by atoms with van der Waals surface area (Å²) in [5.41, 5.74) is 1.64. The van der Waals surface area contributed by atoms with Gasteiger partial charge in [-0.3, -0.25) is 0 Å². The topological polar surface area (TPSA) is 21.3 Å². The molecule has 0 aliphatic carbocycles. The van der Waals surface area contributed by atoms with Crippen molar-refractivity contribution in [3.63, 3.8) is 0 Å². The van der Waals surface area contributed by atoms with Gasteiger partial charge >= 0.3 is 0 Å². The fourth-order valence-electron chi connectivity index (χ4n) is 2.42. The molecule has 0 bridgehead atoms. The Morgan fingerprint density at radius 3 is 2.67 bits per heavy atom. The molecule has 0 aromatic heterocycles. The molecular weight excluding hydrogens is 186 g/mol. The molecule has 15 heavy (non-hydrogen) atoms. The molecule has 1 aliphatic rings. The van der Waals surface area contributed by atoms with Gasteiger partial charge in [-0.1, -0.05) is 32.0 Å². The van der Waals surface area contributed by atoms with E-state index in [9.17, 15) is 0 Å². The van der Waals surface area contributed by atoms with E-state index < -0.39 is 0 Å². The van der Waals surface area contributed by atoms with Gasteiger partial charge in [0, 0.05) is 19.0 Å². The summed E-state index contributed by atoms with van der Waals surface area (Å²) in [5.74, 6) is 1.56. The Morgan fingerprint density at radius 2 is 2.07 bits per heavy atom. The summed E-state index contributed by atoms with van der Waals surface area (Å²) < 4.78 is 5.42. The summed E-state index contributed by atoms with van der Waals surface area (Å²) in [6.45, 7) is 6.75. The third-order valence-corrected chi connectivity index (χ3v) is 3.39. The molecule has 0 radical (unpaired) electrons. The number of para-hydroxylation sites is 1. The van der Waals surface area contributed by atoms with Crippen LogP contribution in [-0.4, -0.2) is 20.2 Å². The van der Waals surface area contributed by atoms with E-state index in [1.54, 1.807) is 7.11 Å². The molecule has 82 valence electrons. The first-order chi connectivity index (χ1) is 7.15. The quantitative estimate of drug-likeness (QED) is 0.800.